The molecule has 162 valence electrons. The van der Waals surface area contributed by atoms with Crippen LogP contribution in [0.2, 0.25) is 0 Å². The molecule has 8 heteroatoms. The van der Waals surface area contributed by atoms with E-state index in [1.807, 2.05) is 54.9 Å². The molecule has 0 fully saturated rings. The number of benzene rings is 1. The number of anilines is 1. The summed E-state index contributed by atoms with van der Waals surface area (Å²) in [6, 6.07) is 11.5. The van der Waals surface area contributed by atoms with Crippen LogP contribution in [0, 0.1) is 0 Å². The Labute approximate surface area is 189 Å². The Bertz CT molecular complexity index is 1040. The molecule has 0 spiro atoms. The highest BCUT2D eigenvalue weighted by Crippen LogP contribution is 2.34. The van der Waals surface area contributed by atoms with Crippen molar-refractivity contribution in [1.82, 2.24) is 10.3 Å². The molecule has 1 unspecified atom stereocenters. The van der Waals surface area contributed by atoms with Gasteiger partial charge in [0.05, 0.1) is 29.2 Å². The maximum atomic E-state index is 13.2. The van der Waals surface area contributed by atoms with Crippen molar-refractivity contribution in [2.75, 3.05) is 11.4 Å². The third kappa shape index (κ3) is 4.80. The number of para-hydroxylation sites is 2. The van der Waals surface area contributed by atoms with E-state index in [2.05, 4.69) is 10.3 Å². The summed E-state index contributed by atoms with van der Waals surface area (Å²) in [6.07, 6.45) is 1.14. The summed E-state index contributed by atoms with van der Waals surface area (Å²) >= 11 is 3.17. The highest BCUT2D eigenvalue weighted by molar-refractivity contribution is 7.20. The van der Waals surface area contributed by atoms with Crippen LogP contribution in [0.25, 0.3) is 9.88 Å². The average molecular weight is 456 g/mol. The normalized spacial score (nSPS) is 15.5. The molecule has 1 aliphatic heterocycles. The van der Waals surface area contributed by atoms with Gasteiger partial charge in [0.2, 0.25) is 5.91 Å². The zero-order chi connectivity index (χ0) is 21.8. The van der Waals surface area contributed by atoms with Crippen molar-refractivity contribution in [1.29, 1.82) is 0 Å². The van der Waals surface area contributed by atoms with E-state index in [0.29, 0.717) is 11.4 Å². The van der Waals surface area contributed by atoms with Crippen LogP contribution in [0.4, 0.5) is 5.69 Å². The fourth-order valence-corrected chi connectivity index (χ4v) is 5.18. The summed E-state index contributed by atoms with van der Waals surface area (Å²) < 4.78 is 5.95. The van der Waals surface area contributed by atoms with Gasteiger partial charge in [0.15, 0.2) is 6.10 Å². The number of amides is 2. The Hall–Kier alpha value is -2.71. The highest BCUT2D eigenvalue weighted by atomic mass is 32.1. The SMILES string of the molecule is CCC(CC)NC(=O)C1CN(C(=O)Cc2csc(-c3cccs3)n2)c2ccccc2O1. The summed E-state index contributed by atoms with van der Waals surface area (Å²) in [6.45, 7) is 4.27. The van der Waals surface area contributed by atoms with Crippen molar-refractivity contribution in [3.63, 3.8) is 0 Å². The first-order valence-corrected chi connectivity index (χ1v) is 12.2. The first-order chi connectivity index (χ1) is 15.1. The minimum absolute atomic E-state index is 0.0980. The summed E-state index contributed by atoms with van der Waals surface area (Å²) in [5, 5.41) is 7.89. The number of carbonyl (C=O) groups is 2. The molecule has 0 radical (unpaired) electrons. The maximum absolute atomic E-state index is 13.2. The number of nitrogens with one attached hydrogen (secondary N) is 1. The van der Waals surface area contributed by atoms with Crippen molar-refractivity contribution < 1.29 is 14.3 Å². The molecular weight excluding hydrogens is 430 g/mol. The van der Waals surface area contributed by atoms with E-state index < -0.39 is 6.10 Å². The van der Waals surface area contributed by atoms with Gasteiger partial charge < -0.3 is 15.0 Å². The Morgan fingerprint density at radius 2 is 2.00 bits per heavy atom. The predicted octanol–water partition coefficient (Wildman–Crippen LogP) is 4.51. The summed E-state index contributed by atoms with van der Waals surface area (Å²) in [5.74, 6) is 0.262. The number of aromatic nitrogens is 1. The van der Waals surface area contributed by atoms with Gasteiger partial charge in [-0.1, -0.05) is 32.0 Å². The lowest BCUT2D eigenvalue weighted by Gasteiger charge is -2.34. The minimum atomic E-state index is -0.739. The first-order valence-electron chi connectivity index (χ1n) is 10.4. The number of carbonyl (C=O) groups excluding carboxylic acids is 2. The number of hydrogen-bond donors (Lipinski definition) is 1. The number of fused-ring (bicyclic) bond motifs is 1. The largest absolute Gasteiger partial charge is 0.477 e. The standard InChI is InChI=1S/C23H25N3O3S2/c1-3-15(4-2)24-22(28)19-13-26(17-8-5-6-9-18(17)29-19)21(27)12-16-14-31-23(25-16)20-10-7-11-30-20/h5-11,14-15,19H,3-4,12-13H2,1-2H3,(H,24,28). The van der Waals surface area contributed by atoms with Gasteiger partial charge in [-0.3, -0.25) is 9.59 Å². The molecule has 0 saturated heterocycles. The molecule has 1 N–H and O–H groups in total. The Morgan fingerprint density at radius 3 is 2.74 bits per heavy atom. The quantitative estimate of drug-likeness (QED) is 0.569. The fraction of sp³-hybridized carbons (Fsp3) is 0.348. The predicted molar refractivity (Wildman–Crippen MR) is 125 cm³/mol. The average Bonchev–Trinajstić information content (AvgIpc) is 3.48. The third-order valence-corrected chi connectivity index (χ3v) is 7.25. The van der Waals surface area contributed by atoms with Gasteiger partial charge >= 0.3 is 0 Å². The van der Waals surface area contributed by atoms with E-state index in [1.54, 1.807) is 22.3 Å². The van der Waals surface area contributed by atoms with Crippen molar-refractivity contribution >= 4 is 40.2 Å². The summed E-state index contributed by atoms with van der Waals surface area (Å²) in [4.78, 5) is 33.4. The van der Waals surface area contributed by atoms with Crippen LogP contribution in [0.1, 0.15) is 32.4 Å². The summed E-state index contributed by atoms with van der Waals surface area (Å²) in [7, 11) is 0. The number of hydrogen-bond acceptors (Lipinski definition) is 6. The second-order valence-corrected chi connectivity index (χ2v) is 9.20. The number of nitrogens with zero attached hydrogens (tertiary/aromatic N) is 2. The van der Waals surface area contributed by atoms with Gasteiger partial charge in [-0.15, -0.1) is 22.7 Å². The molecule has 31 heavy (non-hydrogen) atoms. The number of thiazole rings is 1. The lowest BCUT2D eigenvalue weighted by molar-refractivity contribution is -0.129. The van der Waals surface area contributed by atoms with E-state index in [4.69, 9.17) is 4.74 Å². The van der Waals surface area contributed by atoms with Crippen molar-refractivity contribution in [2.45, 2.75) is 45.3 Å². The fourth-order valence-electron chi connectivity index (χ4n) is 3.55. The molecular formula is C23H25N3O3S2. The Balaban J connectivity index is 1.52. The molecule has 2 amide bonds. The van der Waals surface area contributed by atoms with Gasteiger partial charge in [0.25, 0.3) is 5.91 Å². The molecule has 0 bridgehead atoms. The van der Waals surface area contributed by atoms with Gasteiger partial charge in [0.1, 0.15) is 10.8 Å². The molecule has 4 rings (SSSR count). The molecule has 6 nitrogen and oxygen atoms in total. The second kappa shape index (κ2) is 9.62. The zero-order valence-electron chi connectivity index (χ0n) is 17.5. The lowest BCUT2D eigenvalue weighted by Crippen LogP contribution is -2.52. The minimum Gasteiger partial charge on any atom is -0.477 e. The van der Waals surface area contributed by atoms with Crippen molar-refractivity contribution in [3.05, 3.63) is 52.9 Å². The van der Waals surface area contributed by atoms with Gasteiger partial charge in [-0.05, 0) is 36.4 Å². The van der Waals surface area contributed by atoms with E-state index in [-0.39, 0.29) is 30.8 Å². The molecule has 1 atom stereocenters. The van der Waals surface area contributed by atoms with E-state index in [9.17, 15) is 9.59 Å². The van der Waals surface area contributed by atoms with Crippen LogP contribution in [-0.2, 0) is 16.0 Å². The van der Waals surface area contributed by atoms with Crippen molar-refractivity contribution in [3.8, 4) is 15.6 Å². The first kappa shape index (κ1) is 21.5. The lowest BCUT2D eigenvalue weighted by atomic mass is 10.1. The van der Waals surface area contributed by atoms with Crippen LogP contribution < -0.4 is 15.0 Å². The van der Waals surface area contributed by atoms with Crippen LogP contribution in [0.5, 0.6) is 5.75 Å². The highest BCUT2D eigenvalue weighted by Gasteiger charge is 2.34. The molecule has 2 aromatic heterocycles. The van der Waals surface area contributed by atoms with E-state index in [1.165, 1.54) is 11.3 Å². The molecule has 1 aliphatic rings. The van der Waals surface area contributed by atoms with Crippen LogP contribution in [0.3, 0.4) is 0 Å². The zero-order valence-corrected chi connectivity index (χ0v) is 19.2. The van der Waals surface area contributed by atoms with Crippen LogP contribution in [0.15, 0.2) is 47.2 Å². The van der Waals surface area contributed by atoms with Crippen molar-refractivity contribution in [2.24, 2.45) is 0 Å². The molecule has 3 heterocycles. The Kier molecular flexibility index (Phi) is 6.67. The monoisotopic (exact) mass is 455 g/mol. The van der Waals surface area contributed by atoms with E-state index >= 15 is 0 Å². The summed E-state index contributed by atoms with van der Waals surface area (Å²) in [5.41, 5.74) is 1.42. The van der Waals surface area contributed by atoms with E-state index in [0.717, 1.165) is 28.4 Å². The number of ether oxygens (including phenoxy) is 1. The second-order valence-electron chi connectivity index (χ2n) is 7.40. The smallest absolute Gasteiger partial charge is 0.263 e. The van der Waals surface area contributed by atoms with Crippen LogP contribution >= 0.6 is 22.7 Å². The topological polar surface area (TPSA) is 71.5 Å². The number of thiophene rings is 1. The molecule has 0 saturated carbocycles. The van der Waals surface area contributed by atoms with Gasteiger partial charge in [-0.25, -0.2) is 4.98 Å². The maximum Gasteiger partial charge on any atom is 0.263 e. The molecule has 3 aromatic rings. The molecule has 1 aromatic carbocycles. The van der Waals surface area contributed by atoms with Gasteiger partial charge in [-0.2, -0.15) is 0 Å². The molecule has 0 aliphatic carbocycles. The number of rotatable bonds is 7. The third-order valence-electron chi connectivity index (χ3n) is 5.32. The Morgan fingerprint density at radius 1 is 1.19 bits per heavy atom. The van der Waals surface area contributed by atoms with Gasteiger partial charge in [0, 0.05) is 11.4 Å². The van der Waals surface area contributed by atoms with Crippen LogP contribution in [-0.4, -0.2) is 35.5 Å².